The number of hydrogen-bond acceptors (Lipinski definition) is 6. The number of nitrogens with one attached hydrogen (secondary N) is 2. The third-order valence-electron chi connectivity index (χ3n) is 4.63. The molecular weight excluding hydrogens is 402 g/mol. The first-order valence-corrected chi connectivity index (χ1v) is 9.07. The molecule has 4 heterocycles. The standard InChI is InChI=1S/C19H13F4N7/c20-10-8-24-7-6-11(10)26-17-14-18(28-15(27-14)9-4-5-9)30-16(29-17)12-2-1-3-13(25-12)19(21,22)23/h1-3,6-9H,4-5H2,(H2,24,26,27,28,29,30). The van der Waals surface area contributed by atoms with Crippen LogP contribution in [0.2, 0.25) is 0 Å². The summed E-state index contributed by atoms with van der Waals surface area (Å²) in [5.74, 6) is 0.509. The fraction of sp³-hybridized carbons (Fsp3) is 0.211. The second-order valence-electron chi connectivity index (χ2n) is 6.88. The Labute approximate surface area is 166 Å². The third kappa shape index (κ3) is 3.42. The molecular formula is C19H13F4N7. The Morgan fingerprint density at radius 2 is 1.87 bits per heavy atom. The lowest BCUT2D eigenvalue weighted by Crippen LogP contribution is -2.09. The highest BCUT2D eigenvalue weighted by Crippen LogP contribution is 2.40. The maximum atomic E-state index is 14.1. The second kappa shape index (κ2) is 6.71. The van der Waals surface area contributed by atoms with Gasteiger partial charge < -0.3 is 10.3 Å². The molecule has 0 bridgehead atoms. The van der Waals surface area contributed by atoms with Crippen molar-refractivity contribution < 1.29 is 17.6 Å². The van der Waals surface area contributed by atoms with Crippen LogP contribution in [0.25, 0.3) is 22.7 Å². The number of imidazole rings is 1. The number of pyridine rings is 2. The summed E-state index contributed by atoms with van der Waals surface area (Å²) >= 11 is 0. The predicted molar refractivity (Wildman–Crippen MR) is 99.4 cm³/mol. The van der Waals surface area contributed by atoms with Gasteiger partial charge >= 0.3 is 6.18 Å². The Hall–Kier alpha value is -3.63. The van der Waals surface area contributed by atoms with Crippen molar-refractivity contribution in [2.45, 2.75) is 24.9 Å². The number of H-pyrrole nitrogens is 1. The molecule has 0 aromatic carbocycles. The number of aromatic amines is 1. The molecule has 1 fully saturated rings. The molecule has 11 heteroatoms. The van der Waals surface area contributed by atoms with E-state index < -0.39 is 17.7 Å². The highest BCUT2D eigenvalue weighted by atomic mass is 19.4. The average Bonchev–Trinajstić information content (AvgIpc) is 3.48. The van der Waals surface area contributed by atoms with Gasteiger partial charge in [-0.15, -0.1) is 0 Å². The van der Waals surface area contributed by atoms with Gasteiger partial charge in [-0.3, -0.25) is 4.98 Å². The number of fused-ring (bicyclic) bond motifs is 1. The van der Waals surface area contributed by atoms with E-state index in [0.717, 1.165) is 25.1 Å². The normalized spacial score (nSPS) is 14.3. The van der Waals surface area contributed by atoms with Crippen molar-refractivity contribution in [2.24, 2.45) is 0 Å². The van der Waals surface area contributed by atoms with Crippen LogP contribution in [-0.2, 0) is 6.18 Å². The van der Waals surface area contributed by atoms with Gasteiger partial charge in [-0.2, -0.15) is 13.2 Å². The SMILES string of the molecule is Fc1cnccc1Nc1nc(-c2cccc(C(F)(F)F)n2)nc2nc(C3CC3)[nH]c12. The molecule has 4 aromatic rings. The van der Waals surface area contributed by atoms with Gasteiger partial charge in [-0.25, -0.2) is 24.3 Å². The molecule has 1 aliphatic carbocycles. The number of hydrogen-bond donors (Lipinski definition) is 2. The van der Waals surface area contributed by atoms with E-state index >= 15 is 0 Å². The highest BCUT2D eigenvalue weighted by Gasteiger charge is 2.33. The van der Waals surface area contributed by atoms with Crippen LogP contribution in [0.15, 0.2) is 36.7 Å². The van der Waals surface area contributed by atoms with Crippen molar-refractivity contribution in [1.29, 1.82) is 0 Å². The van der Waals surface area contributed by atoms with E-state index in [1.165, 1.54) is 24.4 Å². The molecule has 1 aliphatic rings. The molecule has 0 unspecified atom stereocenters. The largest absolute Gasteiger partial charge is 0.433 e. The van der Waals surface area contributed by atoms with Gasteiger partial charge in [0.15, 0.2) is 23.1 Å². The summed E-state index contributed by atoms with van der Waals surface area (Å²) < 4.78 is 53.3. The van der Waals surface area contributed by atoms with Crippen molar-refractivity contribution in [3.05, 3.63) is 54.0 Å². The Bertz CT molecular complexity index is 1250. The summed E-state index contributed by atoms with van der Waals surface area (Å²) in [6.45, 7) is 0. The molecule has 2 N–H and O–H groups in total. The second-order valence-corrected chi connectivity index (χ2v) is 6.88. The number of nitrogens with zero attached hydrogens (tertiary/aromatic N) is 5. The number of aromatic nitrogens is 6. The van der Waals surface area contributed by atoms with E-state index in [0.29, 0.717) is 11.3 Å². The van der Waals surface area contributed by atoms with Crippen LogP contribution < -0.4 is 5.32 Å². The molecule has 0 spiro atoms. The Kier molecular flexibility index (Phi) is 4.12. The minimum atomic E-state index is -4.60. The van der Waals surface area contributed by atoms with Gasteiger partial charge in [0, 0.05) is 12.1 Å². The summed E-state index contributed by atoms with van der Waals surface area (Å²) in [5.41, 5.74) is -0.322. The van der Waals surface area contributed by atoms with Crippen LogP contribution >= 0.6 is 0 Å². The summed E-state index contributed by atoms with van der Waals surface area (Å²) in [7, 11) is 0. The van der Waals surface area contributed by atoms with Gasteiger partial charge in [-0.05, 0) is 31.0 Å². The molecule has 0 aliphatic heterocycles. The molecule has 0 atom stereocenters. The molecule has 4 aromatic heterocycles. The Balaban J connectivity index is 1.65. The maximum absolute atomic E-state index is 14.1. The quantitative estimate of drug-likeness (QED) is 0.474. The van der Waals surface area contributed by atoms with Crippen molar-refractivity contribution in [1.82, 2.24) is 29.9 Å². The van der Waals surface area contributed by atoms with Crippen LogP contribution in [0.1, 0.15) is 30.3 Å². The van der Waals surface area contributed by atoms with Crippen LogP contribution in [0, 0.1) is 5.82 Å². The smallest absolute Gasteiger partial charge is 0.337 e. The molecule has 0 saturated heterocycles. The van der Waals surface area contributed by atoms with E-state index in [1.54, 1.807) is 0 Å². The van der Waals surface area contributed by atoms with E-state index in [9.17, 15) is 17.6 Å². The Morgan fingerprint density at radius 1 is 1.03 bits per heavy atom. The topological polar surface area (TPSA) is 92.3 Å². The summed E-state index contributed by atoms with van der Waals surface area (Å²) in [6.07, 6.45) is -0.193. The van der Waals surface area contributed by atoms with Gasteiger partial charge in [0.1, 0.15) is 22.7 Å². The summed E-state index contributed by atoms with van der Waals surface area (Å²) in [5, 5.41) is 2.86. The van der Waals surface area contributed by atoms with E-state index in [4.69, 9.17) is 0 Å². The van der Waals surface area contributed by atoms with Crippen LogP contribution in [-0.4, -0.2) is 29.9 Å². The van der Waals surface area contributed by atoms with Crippen molar-refractivity contribution in [3.63, 3.8) is 0 Å². The first kappa shape index (κ1) is 18.4. The molecule has 152 valence electrons. The number of rotatable bonds is 4. The lowest BCUT2D eigenvalue weighted by Gasteiger charge is -2.10. The van der Waals surface area contributed by atoms with Crippen molar-refractivity contribution in [3.8, 4) is 11.5 Å². The van der Waals surface area contributed by atoms with E-state index in [-0.39, 0.29) is 34.6 Å². The van der Waals surface area contributed by atoms with E-state index in [2.05, 4.69) is 35.2 Å². The number of halogens is 4. The minimum Gasteiger partial charge on any atom is -0.337 e. The molecule has 0 radical (unpaired) electrons. The summed E-state index contributed by atoms with van der Waals surface area (Å²) in [4.78, 5) is 23.5. The monoisotopic (exact) mass is 415 g/mol. The highest BCUT2D eigenvalue weighted by molar-refractivity contribution is 5.87. The fourth-order valence-electron chi connectivity index (χ4n) is 2.99. The van der Waals surface area contributed by atoms with Gasteiger partial charge in [0.25, 0.3) is 0 Å². The van der Waals surface area contributed by atoms with Crippen molar-refractivity contribution >= 4 is 22.7 Å². The zero-order valence-electron chi connectivity index (χ0n) is 15.2. The van der Waals surface area contributed by atoms with E-state index in [1.807, 2.05) is 0 Å². The zero-order valence-corrected chi connectivity index (χ0v) is 15.2. The lowest BCUT2D eigenvalue weighted by molar-refractivity contribution is -0.141. The third-order valence-corrected chi connectivity index (χ3v) is 4.63. The van der Waals surface area contributed by atoms with Crippen LogP contribution in [0.3, 0.4) is 0 Å². The van der Waals surface area contributed by atoms with Gasteiger partial charge in [-0.1, -0.05) is 6.07 Å². The molecule has 30 heavy (non-hydrogen) atoms. The molecule has 5 rings (SSSR count). The molecule has 1 saturated carbocycles. The lowest BCUT2D eigenvalue weighted by atomic mass is 10.2. The van der Waals surface area contributed by atoms with Gasteiger partial charge in [0.2, 0.25) is 0 Å². The minimum absolute atomic E-state index is 0.0561. The maximum Gasteiger partial charge on any atom is 0.433 e. The number of alkyl halides is 3. The Morgan fingerprint density at radius 3 is 2.60 bits per heavy atom. The van der Waals surface area contributed by atoms with Gasteiger partial charge in [0.05, 0.1) is 11.9 Å². The average molecular weight is 415 g/mol. The van der Waals surface area contributed by atoms with Crippen LogP contribution in [0.5, 0.6) is 0 Å². The number of anilines is 2. The molecule has 7 nitrogen and oxygen atoms in total. The first-order chi connectivity index (χ1) is 14.4. The first-order valence-electron chi connectivity index (χ1n) is 9.07. The summed E-state index contributed by atoms with van der Waals surface area (Å²) in [6, 6.07) is 4.90. The van der Waals surface area contributed by atoms with Crippen molar-refractivity contribution in [2.75, 3.05) is 5.32 Å². The fourth-order valence-corrected chi connectivity index (χ4v) is 2.99. The predicted octanol–water partition coefficient (Wildman–Crippen LogP) is 4.59. The zero-order chi connectivity index (χ0) is 20.9. The van der Waals surface area contributed by atoms with Crippen LogP contribution in [0.4, 0.5) is 29.1 Å². The molecule has 0 amide bonds.